The third-order valence-electron chi connectivity index (χ3n) is 5.16. The van der Waals surface area contributed by atoms with Gasteiger partial charge in [-0.25, -0.2) is 0 Å². The summed E-state index contributed by atoms with van der Waals surface area (Å²) in [4.78, 5) is 2.34. The molecule has 1 saturated carbocycles. The van der Waals surface area contributed by atoms with Gasteiger partial charge in [0, 0.05) is 37.9 Å². The minimum Gasteiger partial charge on any atom is -0.374 e. The molecule has 3 N–H and O–H groups in total. The summed E-state index contributed by atoms with van der Waals surface area (Å²) < 4.78 is 0. The molecule has 0 radical (unpaired) electrons. The lowest BCUT2D eigenvalue weighted by molar-refractivity contribution is 0.402. The van der Waals surface area contributed by atoms with Gasteiger partial charge in [-0.05, 0) is 36.5 Å². The van der Waals surface area contributed by atoms with Crippen LogP contribution in [-0.2, 0) is 6.42 Å². The highest BCUT2D eigenvalue weighted by atomic mass is 15.1. The topological polar surface area (TPSA) is 41.3 Å². The largest absolute Gasteiger partial charge is 0.374 e. The molecule has 0 aromatic heterocycles. The first-order valence-corrected chi connectivity index (χ1v) is 8.58. The molecule has 1 aliphatic carbocycles. The van der Waals surface area contributed by atoms with Crippen LogP contribution in [0.3, 0.4) is 0 Å². The van der Waals surface area contributed by atoms with Gasteiger partial charge in [0.15, 0.2) is 0 Å². The molecule has 3 heteroatoms. The van der Waals surface area contributed by atoms with Crippen molar-refractivity contribution in [2.75, 3.05) is 25.0 Å². The highest BCUT2D eigenvalue weighted by molar-refractivity contribution is 5.58. The second-order valence-corrected chi connectivity index (χ2v) is 6.70. The van der Waals surface area contributed by atoms with Gasteiger partial charge in [0.1, 0.15) is 0 Å². The van der Waals surface area contributed by atoms with Gasteiger partial charge in [-0.3, -0.25) is 0 Å². The number of nitrogens with zero attached hydrogens (tertiary/aromatic N) is 1. The van der Waals surface area contributed by atoms with E-state index in [2.05, 4.69) is 35.5 Å². The van der Waals surface area contributed by atoms with Crippen LogP contribution in [0.4, 0.5) is 5.69 Å². The van der Waals surface area contributed by atoms with E-state index in [9.17, 15) is 0 Å². The van der Waals surface area contributed by atoms with Crippen molar-refractivity contribution in [1.82, 2.24) is 5.32 Å². The molecule has 0 amide bonds. The Labute approximate surface area is 128 Å². The quantitative estimate of drug-likeness (QED) is 0.837. The Morgan fingerprint density at radius 1 is 1.24 bits per heavy atom. The molecule has 1 aromatic rings. The third-order valence-corrected chi connectivity index (χ3v) is 5.16. The van der Waals surface area contributed by atoms with Gasteiger partial charge in [-0.15, -0.1) is 0 Å². The number of fused-ring (bicyclic) bond motifs is 1. The number of likely N-dealkylation sites (N-methyl/N-ethyl adjacent to an activating group) is 1. The van der Waals surface area contributed by atoms with Gasteiger partial charge in [0.25, 0.3) is 0 Å². The maximum absolute atomic E-state index is 6.06. The number of hydrogen-bond acceptors (Lipinski definition) is 3. The van der Waals surface area contributed by atoms with Crippen LogP contribution in [0.15, 0.2) is 18.2 Å². The summed E-state index contributed by atoms with van der Waals surface area (Å²) in [7, 11) is 2.18. The SMILES string of the molecule is CN1CCc2cc(C(CN)NC3CCCCCC3)ccc21. The van der Waals surface area contributed by atoms with Gasteiger partial charge in [-0.2, -0.15) is 0 Å². The molecule has 1 aromatic carbocycles. The van der Waals surface area contributed by atoms with Crippen LogP contribution in [0, 0.1) is 0 Å². The number of nitrogens with one attached hydrogen (secondary N) is 1. The van der Waals surface area contributed by atoms with Crippen LogP contribution in [0.1, 0.15) is 55.7 Å². The summed E-state index contributed by atoms with van der Waals surface area (Å²) in [6, 6.07) is 7.87. The van der Waals surface area contributed by atoms with Crippen LogP contribution >= 0.6 is 0 Å². The third kappa shape index (κ3) is 3.41. The molecule has 116 valence electrons. The first-order chi connectivity index (χ1) is 10.3. The lowest BCUT2D eigenvalue weighted by Crippen LogP contribution is -2.36. The molecule has 0 spiro atoms. The van der Waals surface area contributed by atoms with Gasteiger partial charge >= 0.3 is 0 Å². The number of nitrogens with two attached hydrogens (primary N) is 1. The van der Waals surface area contributed by atoms with Crippen molar-refractivity contribution >= 4 is 5.69 Å². The van der Waals surface area contributed by atoms with Crippen molar-refractivity contribution in [3.8, 4) is 0 Å². The summed E-state index contributed by atoms with van der Waals surface area (Å²) in [5.74, 6) is 0. The molecule has 1 heterocycles. The zero-order chi connectivity index (χ0) is 14.7. The van der Waals surface area contributed by atoms with E-state index < -0.39 is 0 Å². The molecule has 1 unspecified atom stereocenters. The van der Waals surface area contributed by atoms with Crippen LogP contribution < -0.4 is 16.0 Å². The van der Waals surface area contributed by atoms with Crippen molar-refractivity contribution in [3.05, 3.63) is 29.3 Å². The fourth-order valence-corrected chi connectivity index (χ4v) is 3.83. The number of hydrogen-bond donors (Lipinski definition) is 2. The predicted octanol–water partition coefficient (Wildman–Crippen LogP) is 2.99. The Morgan fingerprint density at radius 2 is 2.00 bits per heavy atom. The van der Waals surface area contributed by atoms with Crippen molar-refractivity contribution < 1.29 is 0 Å². The molecule has 0 saturated heterocycles. The Hall–Kier alpha value is -1.06. The number of anilines is 1. The molecule has 0 bridgehead atoms. The second-order valence-electron chi connectivity index (χ2n) is 6.70. The van der Waals surface area contributed by atoms with Gasteiger partial charge in [0.2, 0.25) is 0 Å². The monoisotopic (exact) mass is 287 g/mol. The molecular weight excluding hydrogens is 258 g/mol. The molecule has 2 aliphatic rings. The second kappa shape index (κ2) is 6.80. The summed E-state index contributed by atoms with van der Waals surface area (Å²) in [6.07, 6.45) is 9.32. The Kier molecular flexibility index (Phi) is 4.81. The summed E-state index contributed by atoms with van der Waals surface area (Å²) >= 11 is 0. The molecule has 1 fully saturated rings. The van der Waals surface area contributed by atoms with Crippen molar-refractivity contribution in [2.24, 2.45) is 5.73 Å². The maximum Gasteiger partial charge on any atom is 0.0446 e. The Bertz CT molecular complexity index is 464. The standard InChI is InChI=1S/C18H29N3/c1-21-11-10-15-12-14(8-9-18(15)21)17(13-19)20-16-6-4-2-3-5-7-16/h8-9,12,16-17,20H,2-7,10-11,13,19H2,1H3. The van der Waals surface area contributed by atoms with Crippen LogP contribution in [0.5, 0.6) is 0 Å². The average molecular weight is 287 g/mol. The van der Waals surface area contributed by atoms with Crippen molar-refractivity contribution in [3.63, 3.8) is 0 Å². The van der Waals surface area contributed by atoms with E-state index in [1.807, 2.05) is 0 Å². The summed E-state index contributed by atoms with van der Waals surface area (Å²) in [5, 5.41) is 3.83. The van der Waals surface area contributed by atoms with Crippen LogP contribution in [-0.4, -0.2) is 26.2 Å². The zero-order valence-corrected chi connectivity index (χ0v) is 13.3. The minimum atomic E-state index is 0.310. The van der Waals surface area contributed by atoms with Gasteiger partial charge in [0.05, 0.1) is 0 Å². The number of benzene rings is 1. The molecule has 1 atom stereocenters. The highest BCUT2D eigenvalue weighted by Crippen LogP contribution is 2.30. The van der Waals surface area contributed by atoms with Crippen molar-refractivity contribution in [1.29, 1.82) is 0 Å². The fourth-order valence-electron chi connectivity index (χ4n) is 3.83. The first kappa shape index (κ1) is 14.9. The normalized spacial score (nSPS) is 21.1. The maximum atomic E-state index is 6.06. The minimum absolute atomic E-state index is 0.310. The van der Waals surface area contributed by atoms with E-state index in [1.165, 1.54) is 61.8 Å². The van der Waals surface area contributed by atoms with E-state index in [0.717, 1.165) is 6.54 Å². The Balaban J connectivity index is 1.71. The van der Waals surface area contributed by atoms with Crippen LogP contribution in [0.25, 0.3) is 0 Å². The summed E-state index contributed by atoms with van der Waals surface area (Å²) in [6.45, 7) is 1.83. The van der Waals surface area contributed by atoms with Gasteiger partial charge in [-0.1, -0.05) is 37.8 Å². The van der Waals surface area contributed by atoms with E-state index in [-0.39, 0.29) is 0 Å². The van der Waals surface area contributed by atoms with Crippen molar-refractivity contribution in [2.45, 2.75) is 57.0 Å². The fraction of sp³-hybridized carbons (Fsp3) is 0.667. The first-order valence-electron chi connectivity index (χ1n) is 8.58. The van der Waals surface area contributed by atoms with Gasteiger partial charge < -0.3 is 16.0 Å². The zero-order valence-electron chi connectivity index (χ0n) is 13.3. The average Bonchev–Trinajstić information content (AvgIpc) is 2.72. The Morgan fingerprint density at radius 3 is 2.71 bits per heavy atom. The molecule has 3 rings (SSSR count). The molecule has 1 aliphatic heterocycles. The van der Waals surface area contributed by atoms with E-state index in [4.69, 9.17) is 5.73 Å². The van der Waals surface area contributed by atoms with E-state index in [0.29, 0.717) is 18.6 Å². The smallest absolute Gasteiger partial charge is 0.0446 e. The van der Waals surface area contributed by atoms with E-state index >= 15 is 0 Å². The van der Waals surface area contributed by atoms with Crippen LogP contribution in [0.2, 0.25) is 0 Å². The highest BCUT2D eigenvalue weighted by Gasteiger charge is 2.20. The molecule has 3 nitrogen and oxygen atoms in total. The van der Waals surface area contributed by atoms with E-state index in [1.54, 1.807) is 0 Å². The lowest BCUT2D eigenvalue weighted by Gasteiger charge is -2.25. The number of rotatable bonds is 4. The lowest BCUT2D eigenvalue weighted by atomic mass is 10.00. The molecule has 21 heavy (non-hydrogen) atoms. The predicted molar refractivity (Wildman–Crippen MR) is 89.8 cm³/mol. The molecular formula is C18H29N3. The summed E-state index contributed by atoms with van der Waals surface area (Å²) in [5.41, 5.74) is 10.3.